The zero-order chi connectivity index (χ0) is 16.8. The molecule has 0 aliphatic heterocycles. The van der Waals surface area contributed by atoms with Crippen LogP contribution in [0.15, 0.2) is 24.3 Å². The maximum absolute atomic E-state index is 12.6. The lowest BCUT2D eigenvalue weighted by molar-refractivity contribution is -0.130. The van der Waals surface area contributed by atoms with Gasteiger partial charge in [-0.3, -0.25) is 4.79 Å². The lowest BCUT2D eigenvalue weighted by atomic mass is 10.1. The van der Waals surface area contributed by atoms with E-state index < -0.39 is 0 Å². The van der Waals surface area contributed by atoms with Gasteiger partial charge in [0.25, 0.3) is 0 Å². The first-order valence-corrected chi connectivity index (χ1v) is 8.29. The fourth-order valence-corrected chi connectivity index (χ4v) is 3.24. The van der Waals surface area contributed by atoms with Crippen molar-refractivity contribution in [2.24, 2.45) is 0 Å². The summed E-state index contributed by atoms with van der Waals surface area (Å²) in [6, 6.07) is 6.18. The molecule has 0 saturated heterocycles. The Bertz CT molecular complexity index is 560. The topological polar surface area (TPSA) is 38.8 Å². The van der Waals surface area contributed by atoms with Crippen LogP contribution in [0.4, 0.5) is 0 Å². The molecule has 0 aromatic heterocycles. The van der Waals surface area contributed by atoms with Gasteiger partial charge in [-0.15, -0.1) is 0 Å². The van der Waals surface area contributed by atoms with Gasteiger partial charge in [0, 0.05) is 29.8 Å². The highest BCUT2D eigenvalue weighted by molar-refractivity contribution is 5.92. The monoisotopic (exact) mass is 317 g/mol. The third-order valence-electron chi connectivity index (χ3n) is 4.38. The number of hydrogen-bond donors (Lipinski definition) is 0. The summed E-state index contributed by atoms with van der Waals surface area (Å²) < 4.78 is 10.6. The van der Waals surface area contributed by atoms with Gasteiger partial charge >= 0.3 is 0 Å². The number of ether oxygens (including phenoxy) is 2. The van der Waals surface area contributed by atoms with Gasteiger partial charge in [0.1, 0.15) is 11.5 Å². The lowest BCUT2D eigenvalue weighted by Gasteiger charge is -2.31. The van der Waals surface area contributed by atoms with Crippen molar-refractivity contribution in [3.63, 3.8) is 0 Å². The second kappa shape index (κ2) is 8.04. The lowest BCUT2D eigenvalue weighted by Crippen LogP contribution is -2.42. The molecule has 1 aliphatic rings. The zero-order valence-corrected chi connectivity index (χ0v) is 14.5. The number of carbonyl (C=O) groups is 1. The van der Waals surface area contributed by atoms with E-state index in [1.165, 1.54) is 12.8 Å². The van der Waals surface area contributed by atoms with Gasteiger partial charge in [0.15, 0.2) is 0 Å². The highest BCUT2D eigenvalue weighted by Crippen LogP contribution is 2.27. The van der Waals surface area contributed by atoms with E-state index in [4.69, 9.17) is 9.47 Å². The number of amides is 1. The molecule has 0 spiro atoms. The predicted molar refractivity (Wildman–Crippen MR) is 92.8 cm³/mol. The van der Waals surface area contributed by atoms with Crippen molar-refractivity contribution >= 4 is 12.0 Å². The summed E-state index contributed by atoms with van der Waals surface area (Å²) in [5.74, 6) is 1.51. The summed E-state index contributed by atoms with van der Waals surface area (Å²) in [5.41, 5.74) is 0.872. The summed E-state index contributed by atoms with van der Waals surface area (Å²) in [7, 11) is 3.24. The van der Waals surface area contributed by atoms with Gasteiger partial charge in [-0.05, 0) is 44.9 Å². The van der Waals surface area contributed by atoms with Crippen LogP contribution >= 0.6 is 0 Å². The van der Waals surface area contributed by atoms with Gasteiger partial charge in [0.2, 0.25) is 5.91 Å². The normalized spacial score (nSPS) is 15.3. The first-order valence-electron chi connectivity index (χ1n) is 8.29. The minimum Gasteiger partial charge on any atom is -0.497 e. The summed E-state index contributed by atoms with van der Waals surface area (Å²) in [6.45, 7) is 4.16. The van der Waals surface area contributed by atoms with Crippen molar-refractivity contribution in [1.29, 1.82) is 0 Å². The first-order chi connectivity index (χ1) is 11.1. The number of benzene rings is 1. The van der Waals surface area contributed by atoms with Crippen molar-refractivity contribution in [3.8, 4) is 11.5 Å². The molecule has 1 aliphatic carbocycles. The van der Waals surface area contributed by atoms with E-state index in [-0.39, 0.29) is 11.9 Å². The fourth-order valence-electron chi connectivity index (χ4n) is 3.24. The van der Waals surface area contributed by atoms with Crippen LogP contribution in [0, 0.1) is 0 Å². The molecule has 1 aromatic rings. The Labute approximate surface area is 139 Å². The second-order valence-corrected chi connectivity index (χ2v) is 6.22. The maximum Gasteiger partial charge on any atom is 0.247 e. The first kappa shape index (κ1) is 17.4. The molecule has 1 fully saturated rings. The molecule has 0 heterocycles. The molecule has 0 unspecified atom stereocenters. The molecule has 2 rings (SSSR count). The van der Waals surface area contributed by atoms with E-state index in [1.807, 2.05) is 29.2 Å². The van der Waals surface area contributed by atoms with E-state index in [0.717, 1.165) is 24.2 Å². The predicted octanol–water partition coefficient (Wildman–Crippen LogP) is 3.90. The Kier molecular flexibility index (Phi) is 6.08. The molecule has 1 saturated carbocycles. The maximum atomic E-state index is 12.6. The third-order valence-corrected chi connectivity index (χ3v) is 4.38. The van der Waals surface area contributed by atoms with Gasteiger partial charge < -0.3 is 14.4 Å². The average Bonchev–Trinajstić information content (AvgIpc) is 3.06. The molecule has 23 heavy (non-hydrogen) atoms. The van der Waals surface area contributed by atoms with E-state index in [1.54, 1.807) is 20.3 Å². The number of carbonyl (C=O) groups excluding carboxylic acids is 1. The SMILES string of the molecule is COc1ccc(/C=C/C(=O)N(C(C)C)C2CCCC2)c(OC)c1. The summed E-state index contributed by atoms with van der Waals surface area (Å²) in [4.78, 5) is 14.7. The standard InChI is InChI=1S/C19H27NO3/c1-14(2)20(16-7-5-6-8-16)19(21)12-10-15-9-11-17(22-3)13-18(15)23-4/h9-14,16H,5-8H2,1-4H3/b12-10+. The Morgan fingerprint density at radius 1 is 1.22 bits per heavy atom. The van der Waals surface area contributed by atoms with Crippen molar-refractivity contribution < 1.29 is 14.3 Å². The van der Waals surface area contributed by atoms with Gasteiger partial charge in [0.05, 0.1) is 14.2 Å². The Morgan fingerprint density at radius 3 is 2.48 bits per heavy atom. The van der Waals surface area contributed by atoms with Crippen LogP contribution < -0.4 is 9.47 Å². The van der Waals surface area contributed by atoms with E-state index >= 15 is 0 Å². The van der Waals surface area contributed by atoms with Crippen LogP contribution in [-0.4, -0.2) is 37.1 Å². The van der Waals surface area contributed by atoms with E-state index in [0.29, 0.717) is 11.8 Å². The van der Waals surface area contributed by atoms with E-state index in [2.05, 4.69) is 13.8 Å². The molecule has 4 nitrogen and oxygen atoms in total. The number of rotatable bonds is 6. The molecule has 1 amide bonds. The fraction of sp³-hybridized carbons (Fsp3) is 0.526. The van der Waals surface area contributed by atoms with Crippen molar-refractivity contribution in [1.82, 2.24) is 4.90 Å². The Morgan fingerprint density at radius 2 is 1.91 bits per heavy atom. The van der Waals surface area contributed by atoms with Crippen LogP contribution in [0.25, 0.3) is 6.08 Å². The summed E-state index contributed by atoms with van der Waals surface area (Å²) in [6.07, 6.45) is 8.15. The third kappa shape index (κ3) is 4.27. The number of hydrogen-bond acceptors (Lipinski definition) is 3. The quantitative estimate of drug-likeness (QED) is 0.747. The van der Waals surface area contributed by atoms with Crippen molar-refractivity contribution in [2.45, 2.75) is 51.6 Å². The molecule has 0 bridgehead atoms. The van der Waals surface area contributed by atoms with Crippen LogP contribution in [-0.2, 0) is 4.79 Å². The molecule has 1 aromatic carbocycles. The highest BCUT2D eigenvalue weighted by atomic mass is 16.5. The zero-order valence-electron chi connectivity index (χ0n) is 14.5. The minimum absolute atomic E-state index is 0.0739. The van der Waals surface area contributed by atoms with Crippen LogP contribution in [0.2, 0.25) is 0 Å². The Hall–Kier alpha value is -1.97. The van der Waals surface area contributed by atoms with Crippen LogP contribution in [0.1, 0.15) is 45.1 Å². The van der Waals surface area contributed by atoms with E-state index in [9.17, 15) is 4.79 Å². The second-order valence-electron chi connectivity index (χ2n) is 6.22. The van der Waals surface area contributed by atoms with Crippen LogP contribution in [0.5, 0.6) is 11.5 Å². The molecule has 0 radical (unpaired) electrons. The highest BCUT2D eigenvalue weighted by Gasteiger charge is 2.27. The summed E-state index contributed by atoms with van der Waals surface area (Å²) >= 11 is 0. The number of nitrogens with zero attached hydrogens (tertiary/aromatic N) is 1. The molecule has 0 N–H and O–H groups in total. The van der Waals surface area contributed by atoms with Gasteiger partial charge in [-0.1, -0.05) is 12.8 Å². The number of methoxy groups -OCH3 is 2. The largest absolute Gasteiger partial charge is 0.497 e. The molecular formula is C19H27NO3. The van der Waals surface area contributed by atoms with Crippen LogP contribution in [0.3, 0.4) is 0 Å². The van der Waals surface area contributed by atoms with Gasteiger partial charge in [-0.2, -0.15) is 0 Å². The average molecular weight is 317 g/mol. The smallest absolute Gasteiger partial charge is 0.247 e. The molecule has 4 heteroatoms. The Balaban J connectivity index is 2.15. The van der Waals surface area contributed by atoms with Gasteiger partial charge in [-0.25, -0.2) is 0 Å². The van der Waals surface area contributed by atoms with Crippen molar-refractivity contribution in [3.05, 3.63) is 29.8 Å². The molecule has 0 atom stereocenters. The van der Waals surface area contributed by atoms with Crippen molar-refractivity contribution in [2.75, 3.05) is 14.2 Å². The molecular weight excluding hydrogens is 290 g/mol. The molecule has 126 valence electrons. The minimum atomic E-state index is 0.0739. The summed E-state index contributed by atoms with van der Waals surface area (Å²) in [5, 5.41) is 0.